The van der Waals surface area contributed by atoms with E-state index in [1.165, 1.54) is 116 Å². The molecule has 0 amide bonds. The van der Waals surface area contributed by atoms with Crippen molar-refractivity contribution in [1.29, 1.82) is 0 Å². The minimum atomic E-state index is 0. The Labute approximate surface area is 169 Å². The molecule has 0 aromatic heterocycles. The number of unbranched alkanes of at least 4 members (excludes halogenated alkanes) is 17. The average molecular weight is 391 g/mol. The summed E-state index contributed by atoms with van der Waals surface area (Å²) in [5.74, 6) is 0. The first kappa shape index (κ1) is 27.4. The summed E-state index contributed by atoms with van der Waals surface area (Å²) in [7, 11) is 0. The third-order valence-corrected chi connectivity index (χ3v) is 5.11. The zero-order valence-corrected chi connectivity index (χ0v) is 18.7. The summed E-state index contributed by atoms with van der Waals surface area (Å²) < 4.78 is 0.627. The largest absolute Gasteiger partial charge is 0.371 e. The molecular weight excluding hydrogens is 344 g/mol. The second-order valence-electron chi connectivity index (χ2n) is 7.24. The van der Waals surface area contributed by atoms with Gasteiger partial charge >= 0.3 is 0 Å². The highest BCUT2D eigenvalue weighted by atomic mass is 32.1. The molecular formula is C21H46N2S2. The van der Waals surface area contributed by atoms with Crippen molar-refractivity contribution < 1.29 is 0 Å². The van der Waals surface area contributed by atoms with Gasteiger partial charge in [-0.2, -0.15) is 0 Å². The molecule has 0 rings (SSSR count). The Morgan fingerprint density at radius 3 is 1.16 bits per heavy atom. The van der Waals surface area contributed by atoms with Gasteiger partial charge in [-0.25, -0.2) is 0 Å². The molecule has 0 bridgehead atoms. The van der Waals surface area contributed by atoms with Crippen molar-refractivity contribution in [2.75, 3.05) is 6.54 Å². The van der Waals surface area contributed by atoms with Gasteiger partial charge in [-0.15, -0.1) is 12.6 Å². The molecule has 0 radical (unpaired) electrons. The summed E-state index contributed by atoms with van der Waals surface area (Å²) in [5, 5.41) is 3.10. The molecule has 0 aliphatic carbocycles. The molecule has 152 valence electrons. The third kappa shape index (κ3) is 26.5. The first-order chi connectivity index (χ1) is 11.8. The Kier molecular flexibility index (Phi) is 26.5. The van der Waals surface area contributed by atoms with E-state index in [4.69, 9.17) is 12.2 Å². The van der Waals surface area contributed by atoms with Crippen LogP contribution in [0.4, 0.5) is 0 Å². The summed E-state index contributed by atoms with van der Waals surface area (Å²) in [6, 6.07) is 0. The molecule has 0 saturated heterocycles. The van der Waals surface area contributed by atoms with E-state index in [1.807, 2.05) is 0 Å². The van der Waals surface area contributed by atoms with Crippen LogP contribution < -0.4 is 11.5 Å². The predicted octanol–water partition coefficient (Wildman–Crippen LogP) is 7.99. The van der Waals surface area contributed by atoms with Gasteiger partial charge in [0.2, 0.25) is 0 Å². The van der Waals surface area contributed by atoms with Crippen molar-refractivity contribution in [2.24, 2.45) is 0 Å². The lowest BCUT2D eigenvalue weighted by atomic mass is 10.0. The number of hydrogen-bond donors (Lipinski definition) is 3. The molecule has 0 fully saturated rings. The first-order valence-electron chi connectivity index (χ1n) is 10.7. The number of rotatable bonds is 19. The van der Waals surface area contributed by atoms with Gasteiger partial charge in [0.25, 0.3) is 0 Å². The fourth-order valence-corrected chi connectivity index (χ4v) is 3.44. The Morgan fingerprint density at radius 2 is 0.880 bits per heavy atom. The second-order valence-corrected chi connectivity index (χ2v) is 8.40. The Morgan fingerprint density at radius 1 is 0.600 bits per heavy atom. The molecule has 25 heavy (non-hydrogen) atoms. The van der Waals surface area contributed by atoms with E-state index in [0.29, 0.717) is 4.32 Å². The van der Waals surface area contributed by atoms with Crippen molar-refractivity contribution in [2.45, 2.75) is 122 Å². The minimum Gasteiger partial charge on any atom is -0.371 e. The summed E-state index contributed by atoms with van der Waals surface area (Å²) in [5.41, 5.74) is 0. The van der Waals surface area contributed by atoms with Gasteiger partial charge in [-0.1, -0.05) is 128 Å². The fraction of sp³-hybridized carbons (Fsp3) is 0.952. The molecule has 0 aliphatic rings. The third-order valence-electron chi connectivity index (χ3n) is 4.81. The highest BCUT2D eigenvalue weighted by Crippen LogP contribution is 2.14. The monoisotopic (exact) mass is 390 g/mol. The van der Waals surface area contributed by atoms with Crippen LogP contribution >= 0.6 is 24.8 Å². The van der Waals surface area contributed by atoms with Gasteiger partial charge < -0.3 is 11.5 Å². The maximum Gasteiger partial charge on any atom is 0.130 e. The molecule has 2 nitrogen and oxygen atoms in total. The van der Waals surface area contributed by atoms with Crippen LogP contribution in [0.5, 0.6) is 0 Å². The molecule has 0 atom stereocenters. The summed E-state index contributed by atoms with van der Waals surface area (Å²) in [6.45, 7) is 3.28. The summed E-state index contributed by atoms with van der Waals surface area (Å²) >= 11 is 8.92. The van der Waals surface area contributed by atoms with Crippen LogP contribution in [0.1, 0.15) is 122 Å². The quantitative estimate of drug-likeness (QED) is 0.119. The smallest absolute Gasteiger partial charge is 0.130 e. The van der Waals surface area contributed by atoms with E-state index in [2.05, 4.69) is 24.9 Å². The second kappa shape index (κ2) is 24.2. The first-order valence-corrected chi connectivity index (χ1v) is 11.6. The molecule has 0 aromatic carbocycles. The van der Waals surface area contributed by atoms with Crippen molar-refractivity contribution in [1.82, 2.24) is 11.5 Å². The van der Waals surface area contributed by atoms with Crippen LogP contribution in [-0.4, -0.2) is 10.9 Å². The average Bonchev–Trinajstić information content (AvgIpc) is 2.56. The van der Waals surface area contributed by atoms with Crippen molar-refractivity contribution in [3.8, 4) is 0 Å². The van der Waals surface area contributed by atoms with Crippen molar-refractivity contribution >= 4 is 29.2 Å². The zero-order chi connectivity index (χ0) is 17.7. The molecule has 0 spiro atoms. The highest BCUT2D eigenvalue weighted by Gasteiger charge is 1.95. The van der Waals surface area contributed by atoms with Crippen LogP contribution in [0.25, 0.3) is 0 Å². The number of thiocarbonyl (C=S) groups is 1. The van der Waals surface area contributed by atoms with E-state index in [0.717, 1.165) is 6.54 Å². The lowest BCUT2D eigenvalue weighted by Gasteiger charge is -2.04. The Hall–Kier alpha value is 0.200. The molecule has 0 aromatic rings. The zero-order valence-electron chi connectivity index (χ0n) is 17.0. The van der Waals surface area contributed by atoms with Crippen molar-refractivity contribution in [3.63, 3.8) is 0 Å². The number of thiol groups is 1. The number of hydrogen-bond acceptors (Lipinski definition) is 2. The van der Waals surface area contributed by atoms with Gasteiger partial charge in [0.1, 0.15) is 4.32 Å². The molecule has 4 N–H and O–H groups in total. The van der Waals surface area contributed by atoms with Crippen LogP contribution in [-0.2, 0) is 0 Å². The number of nitrogens with one attached hydrogen (secondary N) is 1. The fourth-order valence-electron chi connectivity index (χ4n) is 3.22. The van der Waals surface area contributed by atoms with E-state index in [-0.39, 0.29) is 6.15 Å². The van der Waals surface area contributed by atoms with Crippen molar-refractivity contribution in [3.05, 3.63) is 0 Å². The van der Waals surface area contributed by atoms with Gasteiger partial charge in [-0.3, -0.25) is 0 Å². The standard InChI is InChI=1S/C21H43NS2.H3N/c1-2-3-4-5-6-7-8-9-10-11-12-13-14-15-16-17-18-19-20-22-21(23)24;/h2-20H2,1H3,(H2,22,23,24);1H3. The van der Waals surface area contributed by atoms with Gasteiger partial charge in [-0.05, 0) is 6.42 Å². The highest BCUT2D eigenvalue weighted by molar-refractivity contribution is 8.11. The Balaban J connectivity index is 0. The predicted molar refractivity (Wildman–Crippen MR) is 123 cm³/mol. The molecule has 0 heterocycles. The maximum absolute atomic E-state index is 4.87. The van der Waals surface area contributed by atoms with Crippen LogP contribution in [0.15, 0.2) is 0 Å². The van der Waals surface area contributed by atoms with Crippen LogP contribution in [0, 0.1) is 0 Å². The topological polar surface area (TPSA) is 47.0 Å². The SMILES string of the molecule is CCCCCCCCCCCCCCCCCCCCNC(=S)S.N. The van der Waals surface area contributed by atoms with Gasteiger partial charge in [0.05, 0.1) is 0 Å². The molecule has 0 unspecified atom stereocenters. The molecule has 0 saturated carbocycles. The minimum absolute atomic E-state index is 0. The Bertz CT molecular complexity index is 260. The van der Waals surface area contributed by atoms with E-state index >= 15 is 0 Å². The maximum atomic E-state index is 4.87. The van der Waals surface area contributed by atoms with Crippen LogP contribution in [0.2, 0.25) is 0 Å². The molecule has 4 heteroatoms. The lowest BCUT2D eigenvalue weighted by molar-refractivity contribution is 0.525. The van der Waals surface area contributed by atoms with E-state index < -0.39 is 0 Å². The van der Waals surface area contributed by atoms with E-state index in [1.54, 1.807) is 0 Å². The van der Waals surface area contributed by atoms with Crippen LogP contribution in [0.3, 0.4) is 0 Å². The normalized spacial score (nSPS) is 10.5. The summed E-state index contributed by atoms with van der Waals surface area (Å²) in [4.78, 5) is 0. The van der Waals surface area contributed by atoms with Gasteiger partial charge in [0, 0.05) is 6.54 Å². The molecule has 0 aliphatic heterocycles. The van der Waals surface area contributed by atoms with Gasteiger partial charge in [0.15, 0.2) is 0 Å². The lowest BCUT2D eigenvalue weighted by Crippen LogP contribution is -2.17. The summed E-state index contributed by atoms with van der Waals surface area (Å²) in [6.07, 6.45) is 25.6. The van der Waals surface area contributed by atoms with E-state index in [9.17, 15) is 0 Å².